The highest BCUT2D eigenvalue weighted by Crippen LogP contribution is 2.18. The van der Waals surface area contributed by atoms with Crippen molar-refractivity contribution in [3.8, 4) is 0 Å². The van der Waals surface area contributed by atoms with Crippen molar-refractivity contribution in [2.75, 3.05) is 0 Å². The molecular weight excluding hydrogens is 206 g/mol. The van der Waals surface area contributed by atoms with Gasteiger partial charge in [-0.3, -0.25) is 0 Å². The second-order valence-corrected chi connectivity index (χ2v) is 3.72. The molecule has 0 radical (unpaired) electrons. The van der Waals surface area contributed by atoms with Crippen molar-refractivity contribution in [2.45, 2.75) is 0 Å². The molecule has 0 amide bonds. The fourth-order valence-electron chi connectivity index (χ4n) is 1.11. The number of hydrogen-bond donors (Lipinski definition) is 0. The van der Waals surface area contributed by atoms with Crippen LogP contribution in [0.1, 0.15) is 0 Å². The number of nitrogens with zero attached hydrogens (tertiary/aromatic N) is 3. The quantitative estimate of drug-likeness (QED) is 0.578. The molecule has 0 saturated heterocycles. The molecule has 0 aliphatic rings. The van der Waals surface area contributed by atoms with Gasteiger partial charge >= 0.3 is 0 Å². The Morgan fingerprint density at radius 3 is 2.27 bits per heavy atom. The molecule has 0 N–H and O–H groups in total. The molecule has 0 aliphatic heterocycles. The van der Waals surface area contributed by atoms with Gasteiger partial charge in [-0.05, 0) is 34.2 Å². The Morgan fingerprint density at radius 1 is 0.867 bits per heavy atom. The molecule has 1 aromatic carbocycles. The fraction of sp³-hybridized carbons (Fsp3) is 0. The van der Waals surface area contributed by atoms with Gasteiger partial charge in [0.05, 0.1) is 12.4 Å². The van der Waals surface area contributed by atoms with Crippen LogP contribution in [0.15, 0.2) is 54.2 Å². The van der Waals surface area contributed by atoms with Crippen LogP contribution in [0.25, 0.3) is 10.1 Å². The maximum absolute atomic E-state index is 3.42. The molecule has 0 saturated carbocycles. The van der Waals surface area contributed by atoms with Crippen molar-refractivity contribution in [2.24, 2.45) is 0 Å². The van der Waals surface area contributed by atoms with Gasteiger partial charge in [-0.2, -0.15) is 0 Å². The zero-order valence-corrected chi connectivity index (χ0v) is 8.76. The van der Waals surface area contributed by atoms with Crippen molar-refractivity contribution in [3.05, 3.63) is 54.2 Å². The molecule has 0 atom stereocenters. The maximum Gasteiger partial charge on any atom is 0.0529 e. The van der Waals surface area contributed by atoms with E-state index in [1.54, 1.807) is 29.8 Å². The first-order valence-electron chi connectivity index (χ1n) is 4.47. The zero-order valence-electron chi connectivity index (χ0n) is 7.95. The summed E-state index contributed by atoms with van der Waals surface area (Å²) < 4.78 is 1.37. The van der Waals surface area contributed by atoms with Crippen LogP contribution < -0.4 is 0 Å². The molecule has 2 aromatic heterocycles. The van der Waals surface area contributed by atoms with Crippen molar-refractivity contribution >= 4 is 21.4 Å². The summed E-state index contributed by atoms with van der Waals surface area (Å²) in [5, 5.41) is 13.6. The summed E-state index contributed by atoms with van der Waals surface area (Å²) in [6.07, 6.45) is 3.15. The van der Waals surface area contributed by atoms with Crippen molar-refractivity contribution in [3.63, 3.8) is 0 Å². The lowest BCUT2D eigenvalue weighted by molar-refractivity contribution is 0.865. The summed E-state index contributed by atoms with van der Waals surface area (Å²) >= 11 is 1.79. The van der Waals surface area contributed by atoms with Gasteiger partial charge in [-0.1, -0.05) is 18.2 Å². The summed E-state index contributed by atoms with van der Waals surface area (Å²) in [6.45, 7) is 0. The molecule has 0 bridgehead atoms. The minimum atomic E-state index is 1.35. The predicted molar refractivity (Wildman–Crippen MR) is 61.7 cm³/mol. The number of fused-ring (bicyclic) bond motifs is 1. The SMILES string of the molecule is c1ccc2sccc2c1.c1cnnnc1. The normalized spacial score (nSPS) is 9.33. The van der Waals surface area contributed by atoms with Gasteiger partial charge in [0.1, 0.15) is 0 Å². The molecule has 3 nitrogen and oxygen atoms in total. The van der Waals surface area contributed by atoms with Crippen LogP contribution in [-0.2, 0) is 0 Å². The van der Waals surface area contributed by atoms with Gasteiger partial charge in [-0.15, -0.1) is 21.5 Å². The molecule has 15 heavy (non-hydrogen) atoms. The number of thiophene rings is 1. The second-order valence-electron chi connectivity index (χ2n) is 2.77. The van der Waals surface area contributed by atoms with Crippen LogP contribution in [0.3, 0.4) is 0 Å². The Morgan fingerprint density at radius 2 is 1.67 bits per heavy atom. The number of rotatable bonds is 0. The smallest absolute Gasteiger partial charge is 0.0529 e. The molecule has 3 rings (SSSR count). The minimum Gasteiger partial charge on any atom is -0.144 e. The second kappa shape index (κ2) is 5.17. The Labute approximate surface area is 91.4 Å². The van der Waals surface area contributed by atoms with Crippen molar-refractivity contribution in [1.82, 2.24) is 15.4 Å². The van der Waals surface area contributed by atoms with Gasteiger partial charge in [0, 0.05) is 4.70 Å². The van der Waals surface area contributed by atoms with E-state index in [9.17, 15) is 0 Å². The number of hydrogen-bond acceptors (Lipinski definition) is 4. The van der Waals surface area contributed by atoms with E-state index >= 15 is 0 Å². The lowest BCUT2D eigenvalue weighted by atomic mass is 10.3. The van der Waals surface area contributed by atoms with E-state index in [0.29, 0.717) is 0 Å². The monoisotopic (exact) mass is 215 g/mol. The van der Waals surface area contributed by atoms with Gasteiger partial charge in [0.15, 0.2) is 0 Å². The summed E-state index contributed by atoms with van der Waals surface area (Å²) in [5.41, 5.74) is 0. The molecule has 0 unspecified atom stereocenters. The lowest BCUT2D eigenvalue weighted by Crippen LogP contribution is -1.78. The Bertz CT molecular complexity index is 450. The van der Waals surface area contributed by atoms with Gasteiger partial charge in [-0.25, -0.2) is 0 Å². The zero-order chi connectivity index (χ0) is 10.3. The van der Waals surface area contributed by atoms with E-state index < -0.39 is 0 Å². The third-order valence-corrected chi connectivity index (χ3v) is 2.67. The molecule has 0 fully saturated rings. The third-order valence-electron chi connectivity index (χ3n) is 1.77. The molecule has 2 heterocycles. The first-order valence-corrected chi connectivity index (χ1v) is 5.35. The first-order chi connectivity index (χ1) is 7.47. The van der Waals surface area contributed by atoms with Gasteiger partial charge < -0.3 is 0 Å². The van der Waals surface area contributed by atoms with E-state index in [4.69, 9.17) is 0 Å². The van der Waals surface area contributed by atoms with E-state index in [2.05, 4.69) is 51.1 Å². The van der Waals surface area contributed by atoms with Crippen LogP contribution in [0.5, 0.6) is 0 Å². The highest BCUT2D eigenvalue weighted by atomic mass is 32.1. The fourth-order valence-corrected chi connectivity index (χ4v) is 1.90. The summed E-state index contributed by atoms with van der Waals surface area (Å²) in [4.78, 5) is 0. The van der Waals surface area contributed by atoms with E-state index in [1.807, 2.05) is 0 Å². The Balaban J connectivity index is 0.000000124. The predicted octanol–water partition coefficient (Wildman–Crippen LogP) is 2.77. The third kappa shape index (κ3) is 2.82. The summed E-state index contributed by atoms with van der Waals surface area (Å²) in [7, 11) is 0. The standard InChI is InChI=1S/C8H6S.C3H3N3/c1-2-4-8-7(3-1)5-6-9-8;1-2-4-6-5-3-1/h1-6H;1-3H. The Hall–Kier alpha value is -1.81. The van der Waals surface area contributed by atoms with Crippen molar-refractivity contribution in [1.29, 1.82) is 0 Å². The highest BCUT2D eigenvalue weighted by molar-refractivity contribution is 7.17. The highest BCUT2D eigenvalue weighted by Gasteiger charge is 1.87. The molecule has 0 aliphatic carbocycles. The summed E-state index contributed by atoms with van der Waals surface area (Å²) in [5.74, 6) is 0. The van der Waals surface area contributed by atoms with E-state index in [0.717, 1.165) is 0 Å². The Kier molecular flexibility index (Phi) is 3.35. The number of benzene rings is 1. The lowest BCUT2D eigenvalue weighted by Gasteiger charge is -1.82. The van der Waals surface area contributed by atoms with Crippen LogP contribution in [0.4, 0.5) is 0 Å². The van der Waals surface area contributed by atoms with Gasteiger partial charge in [0.2, 0.25) is 0 Å². The van der Waals surface area contributed by atoms with Crippen LogP contribution in [0, 0.1) is 0 Å². The van der Waals surface area contributed by atoms with Crippen LogP contribution in [0.2, 0.25) is 0 Å². The van der Waals surface area contributed by atoms with Crippen LogP contribution >= 0.6 is 11.3 Å². The molecule has 0 spiro atoms. The van der Waals surface area contributed by atoms with Crippen LogP contribution in [-0.4, -0.2) is 15.4 Å². The van der Waals surface area contributed by atoms with E-state index in [1.165, 1.54) is 10.1 Å². The molecule has 74 valence electrons. The minimum absolute atomic E-state index is 1.35. The first kappa shape index (κ1) is 9.73. The molecule has 3 aromatic rings. The molecule has 4 heteroatoms. The maximum atomic E-state index is 3.42. The largest absolute Gasteiger partial charge is 0.144 e. The van der Waals surface area contributed by atoms with E-state index in [-0.39, 0.29) is 0 Å². The molecular formula is C11H9N3S. The average Bonchev–Trinajstić information content (AvgIpc) is 2.80. The van der Waals surface area contributed by atoms with Crippen molar-refractivity contribution < 1.29 is 0 Å². The summed E-state index contributed by atoms with van der Waals surface area (Å²) in [6, 6.07) is 12.3. The number of aromatic nitrogens is 3. The van der Waals surface area contributed by atoms with Gasteiger partial charge in [0.25, 0.3) is 0 Å². The average molecular weight is 215 g/mol. The topological polar surface area (TPSA) is 38.7 Å².